The van der Waals surface area contributed by atoms with Crippen LogP contribution < -0.4 is 10.1 Å². The van der Waals surface area contributed by atoms with E-state index in [4.69, 9.17) is 4.74 Å². The molecule has 3 amide bonds. The van der Waals surface area contributed by atoms with Crippen LogP contribution in [-0.4, -0.2) is 42.3 Å². The number of urea groups is 1. The van der Waals surface area contributed by atoms with Gasteiger partial charge >= 0.3 is 18.4 Å². The normalized spacial score (nSPS) is 19.8. The number of aryl methyl sites for hydroxylation is 1. The maximum Gasteiger partial charge on any atom is 0.430 e. The van der Waals surface area contributed by atoms with Gasteiger partial charge in [-0.1, -0.05) is 64.8 Å². The van der Waals surface area contributed by atoms with Crippen molar-refractivity contribution in [2.75, 3.05) is 13.2 Å². The summed E-state index contributed by atoms with van der Waals surface area (Å²) in [5.74, 6) is 0.222. The molecule has 2 aliphatic heterocycles. The monoisotopic (exact) mass is 642 g/mol. The van der Waals surface area contributed by atoms with Gasteiger partial charge in [-0.3, -0.25) is 9.69 Å². The predicted molar refractivity (Wildman–Crippen MR) is 156 cm³/mol. The molecule has 1 fully saturated rings. The van der Waals surface area contributed by atoms with Crippen LogP contribution in [0.25, 0.3) is 0 Å². The SMILES string of the molecule is CCCc1cc2c(c(CCC)c1OCCCCN1C(=O)NC(C)(c3ccc(C(C)C)cc3)C1=O)COC2(C(F)(F)F)C(F)(F)F. The first-order valence-corrected chi connectivity index (χ1v) is 15.4. The average molecular weight is 643 g/mol. The Bertz CT molecular complexity index is 1390. The molecule has 2 heterocycles. The third-order valence-corrected chi connectivity index (χ3v) is 8.66. The van der Waals surface area contributed by atoms with E-state index in [0.717, 1.165) is 16.5 Å². The molecule has 0 radical (unpaired) electrons. The minimum atomic E-state index is -5.71. The largest absolute Gasteiger partial charge is 0.493 e. The van der Waals surface area contributed by atoms with Gasteiger partial charge in [0.05, 0.1) is 13.2 Å². The Morgan fingerprint density at radius 2 is 1.60 bits per heavy atom. The molecule has 1 N–H and O–H groups in total. The van der Waals surface area contributed by atoms with Crippen molar-refractivity contribution in [2.24, 2.45) is 0 Å². The van der Waals surface area contributed by atoms with Gasteiger partial charge in [-0.15, -0.1) is 0 Å². The van der Waals surface area contributed by atoms with Crippen LogP contribution in [0.4, 0.5) is 31.1 Å². The fourth-order valence-corrected chi connectivity index (χ4v) is 6.18. The van der Waals surface area contributed by atoms with Gasteiger partial charge in [0.25, 0.3) is 11.5 Å². The van der Waals surface area contributed by atoms with E-state index >= 15 is 0 Å². The lowest BCUT2D eigenvalue weighted by Gasteiger charge is -2.34. The van der Waals surface area contributed by atoms with E-state index in [2.05, 4.69) is 23.9 Å². The van der Waals surface area contributed by atoms with Gasteiger partial charge in [0.2, 0.25) is 0 Å². The number of alkyl halides is 6. The Labute approximate surface area is 259 Å². The molecule has 0 spiro atoms. The van der Waals surface area contributed by atoms with Gasteiger partial charge < -0.3 is 14.8 Å². The smallest absolute Gasteiger partial charge is 0.430 e. The summed E-state index contributed by atoms with van der Waals surface area (Å²) in [5, 5.41) is 2.79. The van der Waals surface area contributed by atoms with Gasteiger partial charge in [0, 0.05) is 17.7 Å². The lowest BCUT2D eigenvalue weighted by Crippen LogP contribution is -2.53. The number of amides is 3. The van der Waals surface area contributed by atoms with Gasteiger partial charge in [-0.25, -0.2) is 4.79 Å². The molecule has 2 aliphatic rings. The summed E-state index contributed by atoms with van der Waals surface area (Å²) >= 11 is 0. The lowest BCUT2D eigenvalue weighted by atomic mass is 9.84. The Hall–Kier alpha value is -3.28. The van der Waals surface area contributed by atoms with Gasteiger partial charge in [-0.2, -0.15) is 26.3 Å². The summed E-state index contributed by atoms with van der Waals surface area (Å²) in [6, 6.07) is 7.97. The maximum absolute atomic E-state index is 14.1. The first-order valence-electron chi connectivity index (χ1n) is 15.4. The summed E-state index contributed by atoms with van der Waals surface area (Å²) in [6.07, 6.45) is -9.29. The van der Waals surface area contributed by atoms with E-state index in [-0.39, 0.29) is 48.8 Å². The van der Waals surface area contributed by atoms with Gasteiger partial charge in [-0.05, 0) is 66.8 Å². The molecule has 0 aliphatic carbocycles. The molecule has 12 heteroatoms. The summed E-state index contributed by atoms with van der Waals surface area (Å²) in [7, 11) is 0. The van der Waals surface area contributed by atoms with Crippen molar-refractivity contribution >= 4 is 11.9 Å². The second-order valence-electron chi connectivity index (χ2n) is 12.2. The molecule has 6 nitrogen and oxygen atoms in total. The average Bonchev–Trinajstić information content (AvgIpc) is 3.46. The zero-order valence-electron chi connectivity index (χ0n) is 26.2. The number of nitrogens with zero attached hydrogens (tertiary/aromatic N) is 1. The summed E-state index contributed by atoms with van der Waals surface area (Å²) in [6.45, 7) is 8.72. The number of rotatable bonds is 12. The highest BCUT2D eigenvalue weighted by molar-refractivity contribution is 6.07. The third-order valence-electron chi connectivity index (χ3n) is 8.66. The van der Waals surface area contributed by atoms with Gasteiger partial charge in [0.1, 0.15) is 11.3 Å². The van der Waals surface area contributed by atoms with Crippen LogP contribution in [0, 0.1) is 0 Å². The van der Waals surface area contributed by atoms with Gasteiger partial charge in [0.15, 0.2) is 0 Å². The fraction of sp³-hybridized carbons (Fsp3) is 0.576. The zero-order valence-corrected chi connectivity index (χ0v) is 26.2. The van der Waals surface area contributed by atoms with E-state index in [9.17, 15) is 35.9 Å². The predicted octanol–water partition coefficient (Wildman–Crippen LogP) is 8.19. The van der Waals surface area contributed by atoms with E-state index < -0.39 is 41.7 Å². The number of unbranched alkanes of at least 4 members (excludes halogenated alkanes) is 1. The van der Waals surface area contributed by atoms with Crippen LogP contribution in [0.15, 0.2) is 30.3 Å². The maximum atomic E-state index is 14.1. The minimum Gasteiger partial charge on any atom is -0.493 e. The molecule has 1 atom stereocenters. The number of fused-ring (bicyclic) bond motifs is 1. The van der Waals surface area contributed by atoms with Crippen LogP contribution >= 0.6 is 0 Å². The first-order chi connectivity index (χ1) is 21.0. The fourth-order valence-electron chi connectivity index (χ4n) is 6.18. The highest BCUT2D eigenvalue weighted by Gasteiger charge is 2.76. The van der Waals surface area contributed by atoms with Crippen molar-refractivity contribution < 1.29 is 45.4 Å². The number of nitrogens with one attached hydrogen (secondary N) is 1. The van der Waals surface area contributed by atoms with Crippen molar-refractivity contribution in [2.45, 2.75) is 109 Å². The van der Waals surface area contributed by atoms with Crippen LogP contribution in [-0.2, 0) is 40.1 Å². The van der Waals surface area contributed by atoms with E-state index in [0.29, 0.717) is 42.7 Å². The summed E-state index contributed by atoms with van der Waals surface area (Å²) in [4.78, 5) is 27.2. The number of halogens is 6. The number of hydrogen-bond donors (Lipinski definition) is 1. The van der Waals surface area contributed by atoms with Crippen molar-refractivity contribution in [1.29, 1.82) is 0 Å². The van der Waals surface area contributed by atoms with Crippen LogP contribution in [0.3, 0.4) is 0 Å². The Kier molecular flexibility index (Phi) is 9.87. The number of carbonyl (C=O) groups is 2. The number of carbonyl (C=O) groups excluding carboxylic acids is 2. The first kappa shape index (κ1) is 34.6. The highest BCUT2D eigenvalue weighted by Crippen LogP contribution is 2.58. The molecule has 0 saturated carbocycles. The van der Waals surface area contributed by atoms with E-state index in [1.165, 1.54) is 0 Å². The van der Waals surface area contributed by atoms with Crippen molar-refractivity contribution in [3.05, 3.63) is 63.7 Å². The minimum absolute atomic E-state index is 0.0916. The third kappa shape index (κ3) is 6.14. The van der Waals surface area contributed by atoms with Crippen molar-refractivity contribution in [1.82, 2.24) is 10.2 Å². The summed E-state index contributed by atoms with van der Waals surface area (Å²) < 4.78 is 95.0. The Morgan fingerprint density at radius 3 is 2.16 bits per heavy atom. The Morgan fingerprint density at radius 1 is 0.978 bits per heavy atom. The quantitative estimate of drug-likeness (QED) is 0.144. The highest BCUT2D eigenvalue weighted by atomic mass is 19.4. The molecule has 248 valence electrons. The van der Waals surface area contributed by atoms with Crippen LogP contribution in [0.1, 0.15) is 99.6 Å². The molecule has 2 aromatic rings. The molecular formula is C33H40F6N2O4. The lowest BCUT2D eigenvalue weighted by molar-refractivity contribution is -0.385. The van der Waals surface area contributed by atoms with Crippen LogP contribution in [0.2, 0.25) is 0 Å². The molecule has 0 bridgehead atoms. The molecule has 2 aromatic carbocycles. The number of ether oxygens (including phenoxy) is 2. The molecule has 45 heavy (non-hydrogen) atoms. The molecule has 4 rings (SSSR count). The van der Waals surface area contributed by atoms with E-state index in [1.54, 1.807) is 20.8 Å². The zero-order chi connectivity index (χ0) is 33.4. The van der Waals surface area contributed by atoms with Crippen molar-refractivity contribution in [3.63, 3.8) is 0 Å². The number of benzene rings is 2. The van der Waals surface area contributed by atoms with E-state index in [1.807, 2.05) is 24.3 Å². The number of hydrogen-bond acceptors (Lipinski definition) is 4. The Balaban J connectivity index is 1.49. The molecular weight excluding hydrogens is 602 g/mol. The second kappa shape index (κ2) is 12.8. The summed E-state index contributed by atoms with van der Waals surface area (Å²) in [5.41, 5.74) is -4.32. The number of imide groups is 1. The molecule has 0 aromatic heterocycles. The standard InChI is InChI=1S/C33H40F6N2O4/c1-6-10-22-18-26-25(19-45-31(26,32(34,35)36)33(37,38)39)24(11-7-2)27(22)44-17-9-8-16-41-28(42)30(5,40-29(41)43)23-14-12-21(13-15-23)20(3)4/h12-15,18,20H,6-11,16-17,19H2,1-5H3,(H,40,43). The van der Waals surface area contributed by atoms with Crippen molar-refractivity contribution in [3.8, 4) is 5.75 Å². The van der Waals surface area contributed by atoms with Crippen LogP contribution in [0.5, 0.6) is 5.75 Å². The second-order valence-corrected chi connectivity index (χ2v) is 12.2. The molecule has 1 unspecified atom stereocenters. The molecule has 1 saturated heterocycles. The topological polar surface area (TPSA) is 67.9 Å².